The second kappa shape index (κ2) is 3.44. The Hall–Kier alpha value is -1.26. The molecule has 5 rings (SSSR count). The Labute approximate surface area is 113 Å². The fourth-order valence-corrected chi connectivity index (χ4v) is 4.50. The third-order valence-electron chi connectivity index (χ3n) is 4.95. The smallest absolute Gasteiger partial charge is 0.149 e. The Kier molecular flexibility index (Phi) is 2.09. The summed E-state index contributed by atoms with van der Waals surface area (Å²) >= 11 is 0. The van der Waals surface area contributed by atoms with Crippen molar-refractivity contribution in [3.63, 3.8) is 0 Å². The minimum Gasteiger partial charge on any atom is -0.298 e. The van der Waals surface area contributed by atoms with Gasteiger partial charge in [0.05, 0.1) is 16.5 Å². The van der Waals surface area contributed by atoms with Crippen LogP contribution in [0.25, 0.3) is 0 Å². The molecule has 4 aliphatic heterocycles. The number of hydrogen-bond donors (Lipinski definition) is 0. The zero-order chi connectivity index (χ0) is 13.3. The number of carbonyl (C=O) groups is 1. The normalized spacial score (nSPS) is 47.7. The van der Waals surface area contributed by atoms with E-state index in [-0.39, 0.29) is 17.0 Å². The molecule has 0 aliphatic carbocycles. The lowest BCUT2D eigenvalue weighted by Crippen LogP contribution is -2.75. The summed E-state index contributed by atoms with van der Waals surface area (Å²) in [5, 5.41) is 0. The predicted octanol–water partition coefficient (Wildman–Crippen LogP) is 1.31. The molecule has 5 heterocycles. The molecule has 100 valence electrons. The Morgan fingerprint density at radius 1 is 1.11 bits per heavy atom. The lowest BCUT2D eigenvalue weighted by Gasteiger charge is -2.64. The summed E-state index contributed by atoms with van der Waals surface area (Å²) in [6.45, 7) is 7.75. The highest BCUT2D eigenvalue weighted by molar-refractivity contribution is 5.92. The maximum atomic E-state index is 12.6. The van der Waals surface area contributed by atoms with E-state index in [1.54, 1.807) is 0 Å². The van der Waals surface area contributed by atoms with Crippen molar-refractivity contribution in [2.75, 3.05) is 26.2 Å². The summed E-state index contributed by atoms with van der Waals surface area (Å²) in [5.41, 5.74) is 0.744. The Morgan fingerprint density at radius 2 is 1.68 bits per heavy atom. The topological polar surface area (TPSA) is 36.4 Å². The number of carbonyl (C=O) groups excluding carboxylic acids is 1. The molecule has 0 radical (unpaired) electrons. The molecule has 0 saturated carbocycles. The molecule has 4 heteroatoms. The van der Waals surface area contributed by atoms with Crippen molar-refractivity contribution in [2.24, 2.45) is 10.8 Å². The third-order valence-corrected chi connectivity index (χ3v) is 4.95. The van der Waals surface area contributed by atoms with Crippen molar-refractivity contribution in [1.82, 2.24) is 14.8 Å². The zero-order valence-electron chi connectivity index (χ0n) is 11.5. The highest BCUT2D eigenvalue weighted by atomic mass is 16.1. The van der Waals surface area contributed by atoms with Crippen molar-refractivity contribution < 1.29 is 4.79 Å². The first kappa shape index (κ1) is 11.6. The first-order valence-corrected chi connectivity index (χ1v) is 6.96. The van der Waals surface area contributed by atoms with E-state index < -0.39 is 0 Å². The van der Waals surface area contributed by atoms with Gasteiger partial charge in [-0.25, -0.2) is 0 Å². The van der Waals surface area contributed by atoms with Crippen LogP contribution in [0.5, 0.6) is 0 Å². The predicted molar refractivity (Wildman–Crippen MR) is 71.3 cm³/mol. The van der Waals surface area contributed by atoms with Gasteiger partial charge in [0.1, 0.15) is 11.9 Å². The van der Waals surface area contributed by atoms with Gasteiger partial charge >= 0.3 is 0 Å². The minimum atomic E-state index is -0.184. The van der Waals surface area contributed by atoms with E-state index in [1.807, 2.05) is 18.3 Å². The van der Waals surface area contributed by atoms with E-state index >= 15 is 0 Å². The molecule has 4 aliphatic rings. The summed E-state index contributed by atoms with van der Waals surface area (Å²) in [5.74, 6) is 0.465. The highest BCUT2D eigenvalue weighted by Crippen LogP contribution is 2.51. The Balaban J connectivity index is 1.76. The van der Waals surface area contributed by atoms with E-state index in [1.165, 1.54) is 0 Å². The number of nitrogens with zero attached hydrogens (tertiary/aromatic N) is 3. The number of ketones is 1. The molecule has 0 atom stereocenters. The van der Waals surface area contributed by atoms with E-state index in [9.17, 15) is 4.79 Å². The van der Waals surface area contributed by atoms with Crippen LogP contribution in [0.2, 0.25) is 0 Å². The Bertz CT molecular complexity index is 502. The summed E-state index contributed by atoms with van der Waals surface area (Å²) in [6.07, 6.45) is 2.12. The summed E-state index contributed by atoms with van der Waals surface area (Å²) in [4.78, 5) is 22.0. The quantitative estimate of drug-likeness (QED) is 0.760. The van der Waals surface area contributed by atoms with E-state index in [0.29, 0.717) is 5.78 Å². The van der Waals surface area contributed by atoms with Crippen molar-refractivity contribution >= 4 is 5.78 Å². The monoisotopic (exact) mass is 257 g/mol. The van der Waals surface area contributed by atoms with Gasteiger partial charge in [-0.3, -0.25) is 19.6 Å². The molecule has 1 aromatic rings. The van der Waals surface area contributed by atoms with Gasteiger partial charge in [-0.2, -0.15) is 0 Å². The molecule has 1 aromatic heterocycles. The molecule has 0 N–H and O–H groups in total. The van der Waals surface area contributed by atoms with E-state index in [2.05, 4.69) is 34.7 Å². The number of rotatable bonds is 1. The van der Waals surface area contributed by atoms with Gasteiger partial charge in [-0.05, 0) is 12.1 Å². The average Bonchev–Trinajstić information content (AvgIpc) is 2.36. The fourth-order valence-electron chi connectivity index (χ4n) is 4.50. The van der Waals surface area contributed by atoms with Crippen LogP contribution in [-0.2, 0) is 4.79 Å². The minimum absolute atomic E-state index is 0.184. The molecule has 0 spiro atoms. The molecular formula is C15H19N3O. The van der Waals surface area contributed by atoms with E-state index in [0.717, 1.165) is 31.9 Å². The summed E-state index contributed by atoms with van der Waals surface area (Å²) in [7, 11) is 0. The molecule has 4 bridgehead atoms. The second-order valence-electron chi connectivity index (χ2n) is 6.89. The lowest BCUT2D eigenvalue weighted by atomic mass is 9.62. The molecule has 0 aromatic carbocycles. The maximum Gasteiger partial charge on any atom is 0.149 e. The van der Waals surface area contributed by atoms with Crippen LogP contribution in [0.4, 0.5) is 0 Å². The molecule has 19 heavy (non-hydrogen) atoms. The Morgan fingerprint density at radius 3 is 2.16 bits per heavy atom. The van der Waals surface area contributed by atoms with Gasteiger partial charge in [0.25, 0.3) is 0 Å². The van der Waals surface area contributed by atoms with Crippen LogP contribution < -0.4 is 0 Å². The molecule has 4 fully saturated rings. The van der Waals surface area contributed by atoms with Crippen LogP contribution in [0.3, 0.4) is 0 Å². The summed E-state index contributed by atoms with van der Waals surface area (Å²) < 4.78 is 0. The van der Waals surface area contributed by atoms with Gasteiger partial charge in [-0.15, -0.1) is 0 Å². The van der Waals surface area contributed by atoms with Gasteiger partial charge < -0.3 is 0 Å². The number of aromatic nitrogens is 1. The zero-order valence-corrected chi connectivity index (χ0v) is 11.5. The number of Topliss-reactive ketones (excluding diaryl/α,β-unsaturated/α-hetero) is 1. The molecular weight excluding hydrogens is 238 g/mol. The fraction of sp³-hybridized carbons (Fsp3) is 0.600. The van der Waals surface area contributed by atoms with Gasteiger partial charge in [0.2, 0.25) is 0 Å². The van der Waals surface area contributed by atoms with Crippen LogP contribution in [0.1, 0.15) is 25.7 Å². The van der Waals surface area contributed by atoms with Gasteiger partial charge in [0.15, 0.2) is 0 Å². The van der Waals surface area contributed by atoms with Crippen molar-refractivity contribution in [3.05, 3.63) is 30.1 Å². The van der Waals surface area contributed by atoms with E-state index in [4.69, 9.17) is 0 Å². The van der Waals surface area contributed by atoms with Crippen molar-refractivity contribution in [1.29, 1.82) is 0 Å². The first-order chi connectivity index (χ1) is 9.02. The van der Waals surface area contributed by atoms with Crippen LogP contribution in [0.15, 0.2) is 24.4 Å². The molecule has 0 amide bonds. The number of hydrogen-bond acceptors (Lipinski definition) is 4. The van der Waals surface area contributed by atoms with Gasteiger partial charge in [-0.1, -0.05) is 19.9 Å². The molecule has 4 nitrogen and oxygen atoms in total. The van der Waals surface area contributed by atoms with Crippen molar-refractivity contribution in [2.45, 2.75) is 20.0 Å². The van der Waals surface area contributed by atoms with Crippen LogP contribution in [-0.4, -0.2) is 46.7 Å². The molecule has 0 unspecified atom stereocenters. The highest BCUT2D eigenvalue weighted by Gasteiger charge is 2.62. The summed E-state index contributed by atoms with van der Waals surface area (Å²) in [6, 6.07) is 6.10. The standard InChI is InChI=1S/C15H19N3O/c1-14-7-17-9-15(2,13(14)19)10-18(8-14)12(17)11-5-3-4-6-16-11/h3-6,12H,7-10H2,1-2H3. The number of pyridine rings is 1. The van der Waals surface area contributed by atoms with Crippen LogP contribution in [0, 0.1) is 10.8 Å². The second-order valence-corrected chi connectivity index (χ2v) is 6.89. The van der Waals surface area contributed by atoms with Gasteiger partial charge in [0, 0.05) is 32.4 Å². The third kappa shape index (κ3) is 1.41. The van der Waals surface area contributed by atoms with Crippen LogP contribution >= 0.6 is 0 Å². The maximum absolute atomic E-state index is 12.6. The molecule has 4 saturated heterocycles. The SMILES string of the molecule is CC12CN3CC(C)(CN(C1)C3c1ccccn1)C2=O. The first-order valence-electron chi connectivity index (χ1n) is 6.96. The average molecular weight is 257 g/mol. The number of piperidine rings is 2. The largest absolute Gasteiger partial charge is 0.298 e. The van der Waals surface area contributed by atoms with Crippen molar-refractivity contribution in [3.8, 4) is 0 Å². The lowest BCUT2D eigenvalue weighted by molar-refractivity contribution is -0.197.